The molecular formula is C24H21ClF3N5OS. The first-order chi connectivity index (χ1) is 16.7. The highest BCUT2D eigenvalue weighted by Crippen LogP contribution is 2.46. The number of rotatable bonds is 3. The maximum atomic E-state index is 14.0. The van der Waals surface area contributed by atoms with Crippen LogP contribution in [0.15, 0.2) is 24.3 Å². The highest BCUT2D eigenvalue weighted by molar-refractivity contribution is 7.16. The van der Waals surface area contributed by atoms with Gasteiger partial charge in [-0.05, 0) is 43.7 Å². The number of nitrogens with zero attached hydrogens (tertiary/aromatic N) is 3. The molecule has 3 heterocycles. The van der Waals surface area contributed by atoms with Gasteiger partial charge in [0.1, 0.15) is 21.9 Å². The number of halogens is 4. The van der Waals surface area contributed by atoms with Crippen LogP contribution < -0.4 is 10.6 Å². The number of alkyl halides is 3. The summed E-state index contributed by atoms with van der Waals surface area (Å²) in [7, 11) is 0. The molecule has 35 heavy (non-hydrogen) atoms. The van der Waals surface area contributed by atoms with E-state index in [0.717, 1.165) is 46.4 Å². The van der Waals surface area contributed by atoms with Gasteiger partial charge in [-0.25, -0.2) is 4.68 Å². The highest BCUT2D eigenvalue weighted by Gasteiger charge is 2.48. The third-order valence-corrected chi connectivity index (χ3v) is 8.07. The smallest absolute Gasteiger partial charge is 0.362 e. The summed E-state index contributed by atoms with van der Waals surface area (Å²) >= 11 is 7.76. The molecule has 0 unspecified atom stereocenters. The molecule has 1 amide bonds. The average Bonchev–Trinajstić information content (AvgIpc) is 3.35. The molecular weight excluding hydrogens is 499 g/mol. The first kappa shape index (κ1) is 23.7. The second-order valence-corrected chi connectivity index (χ2v) is 10.3. The van der Waals surface area contributed by atoms with Gasteiger partial charge >= 0.3 is 6.18 Å². The minimum atomic E-state index is -4.59. The van der Waals surface area contributed by atoms with Gasteiger partial charge in [-0.1, -0.05) is 41.4 Å². The largest absolute Gasteiger partial charge is 0.410 e. The summed E-state index contributed by atoms with van der Waals surface area (Å²) in [5.41, 5.74) is 2.70. The Morgan fingerprint density at radius 3 is 2.69 bits per heavy atom. The lowest BCUT2D eigenvalue weighted by Crippen LogP contribution is -2.35. The quantitative estimate of drug-likeness (QED) is 0.410. The van der Waals surface area contributed by atoms with E-state index in [9.17, 15) is 23.2 Å². The van der Waals surface area contributed by atoms with Gasteiger partial charge in [-0.15, -0.1) is 11.3 Å². The minimum Gasteiger partial charge on any atom is -0.362 e. The lowest BCUT2D eigenvalue weighted by molar-refractivity contribution is -0.173. The molecule has 3 aromatic rings. The van der Waals surface area contributed by atoms with Gasteiger partial charge in [-0.3, -0.25) is 4.79 Å². The van der Waals surface area contributed by atoms with Crippen LogP contribution in [-0.2, 0) is 12.8 Å². The Balaban J connectivity index is 1.49. The summed E-state index contributed by atoms with van der Waals surface area (Å²) in [6.07, 6.45) is -1.31. The zero-order valence-electron chi connectivity index (χ0n) is 18.7. The van der Waals surface area contributed by atoms with Crippen LogP contribution in [0, 0.1) is 18.3 Å². The fraction of sp³-hybridized carbons (Fsp3) is 0.375. The number of anilines is 2. The van der Waals surface area contributed by atoms with Gasteiger partial charge in [0.05, 0.1) is 11.6 Å². The number of aromatic nitrogens is 2. The molecule has 2 N–H and O–H groups in total. The van der Waals surface area contributed by atoms with Gasteiger partial charge in [0.2, 0.25) is 0 Å². The molecule has 2 aliphatic rings. The van der Waals surface area contributed by atoms with E-state index in [1.165, 1.54) is 11.3 Å². The summed E-state index contributed by atoms with van der Waals surface area (Å²) in [5.74, 6) is -0.802. The highest BCUT2D eigenvalue weighted by atomic mass is 35.5. The van der Waals surface area contributed by atoms with Crippen molar-refractivity contribution in [2.24, 2.45) is 0 Å². The SMILES string of the molecule is Cc1ccc([C@@H]2C[C@H](C(F)(F)F)n3nc(C(=O)Nc4sc5c(c4C#N)CCCC5)c(Cl)c3N2)cc1. The van der Waals surface area contributed by atoms with Crippen LogP contribution in [0.3, 0.4) is 0 Å². The predicted molar refractivity (Wildman–Crippen MR) is 128 cm³/mol. The van der Waals surface area contributed by atoms with Gasteiger partial charge in [0, 0.05) is 11.3 Å². The van der Waals surface area contributed by atoms with Crippen LogP contribution in [0.1, 0.15) is 69.0 Å². The number of nitriles is 1. The van der Waals surface area contributed by atoms with Crippen molar-refractivity contribution in [1.29, 1.82) is 5.26 Å². The van der Waals surface area contributed by atoms with Crippen LogP contribution in [0.4, 0.5) is 24.0 Å². The van der Waals surface area contributed by atoms with E-state index in [-0.39, 0.29) is 23.0 Å². The van der Waals surface area contributed by atoms with Crippen LogP contribution in [0.5, 0.6) is 0 Å². The lowest BCUT2D eigenvalue weighted by atomic mass is 9.96. The zero-order chi connectivity index (χ0) is 24.9. The Hall–Kier alpha value is -3.03. The molecule has 0 bridgehead atoms. The fourth-order valence-corrected chi connectivity index (χ4v) is 6.19. The van der Waals surface area contributed by atoms with Crippen molar-refractivity contribution in [3.8, 4) is 6.07 Å². The third kappa shape index (κ3) is 4.28. The topological polar surface area (TPSA) is 82.7 Å². The summed E-state index contributed by atoms with van der Waals surface area (Å²) < 4.78 is 42.8. The maximum Gasteiger partial charge on any atom is 0.410 e. The number of hydrogen-bond acceptors (Lipinski definition) is 5. The molecule has 0 saturated heterocycles. The van der Waals surface area contributed by atoms with E-state index in [2.05, 4.69) is 21.8 Å². The molecule has 1 aliphatic heterocycles. The van der Waals surface area contributed by atoms with Gasteiger partial charge in [0.25, 0.3) is 5.91 Å². The Morgan fingerprint density at radius 2 is 2.00 bits per heavy atom. The number of carbonyl (C=O) groups is 1. The molecule has 182 valence electrons. The number of fused-ring (bicyclic) bond motifs is 2. The second kappa shape index (κ2) is 8.88. The summed E-state index contributed by atoms with van der Waals surface area (Å²) in [4.78, 5) is 14.1. The first-order valence-corrected chi connectivity index (χ1v) is 12.4. The minimum absolute atomic E-state index is 0.0538. The molecule has 1 aliphatic carbocycles. The zero-order valence-corrected chi connectivity index (χ0v) is 20.2. The van der Waals surface area contributed by atoms with E-state index in [1.54, 1.807) is 12.1 Å². The van der Waals surface area contributed by atoms with Crippen molar-refractivity contribution in [3.05, 3.63) is 62.1 Å². The van der Waals surface area contributed by atoms with E-state index in [1.807, 2.05) is 19.1 Å². The molecule has 11 heteroatoms. The molecule has 0 radical (unpaired) electrons. The van der Waals surface area contributed by atoms with Crippen LogP contribution >= 0.6 is 22.9 Å². The summed E-state index contributed by atoms with van der Waals surface area (Å²) in [6, 6.07) is 6.76. The second-order valence-electron chi connectivity index (χ2n) is 8.84. The number of carbonyl (C=O) groups excluding carboxylic acids is 1. The molecule has 0 saturated carbocycles. The number of amides is 1. The molecule has 0 spiro atoms. The van der Waals surface area contributed by atoms with Crippen LogP contribution in [0.2, 0.25) is 5.02 Å². The van der Waals surface area contributed by atoms with Crippen molar-refractivity contribution in [2.75, 3.05) is 10.6 Å². The van der Waals surface area contributed by atoms with Crippen LogP contribution in [-0.4, -0.2) is 21.9 Å². The Kier molecular flexibility index (Phi) is 6.01. The normalized spacial score (nSPS) is 19.3. The number of thiophene rings is 1. The third-order valence-electron chi connectivity index (χ3n) is 6.50. The Bertz CT molecular complexity index is 1340. The molecule has 2 aromatic heterocycles. The standard InChI is InChI=1S/C24H21ClF3N5OS/c1-12-6-8-13(9-7-12)16-10-18(24(26,27)28)33-21(30-16)19(25)20(32-33)22(34)31-23-15(11-29)14-4-2-3-5-17(14)35-23/h6-9,16,18,30H,2-5,10H2,1H3,(H,31,34)/t16-,18+/m0/s1. The van der Waals surface area contributed by atoms with E-state index in [0.29, 0.717) is 16.1 Å². The van der Waals surface area contributed by atoms with Crippen molar-refractivity contribution >= 4 is 39.7 Å². The van der Waals surface area contributed by atoms with Crippen molar-refractivity contribution in [2.45, 2.75) is 57.3 Å². The molecule has 5 rings (SSSR count). The fourth-order valence-electron chi connectivity index (χ4n) is 4.69. The summed E-state index contributed by atoms with van der Waals surface area (Å²) in [5, 5.41) is 19.5. The molecule has 1 aromatic carbocycles. The van der Waals surface area contributed by atoms with E-state index >= 15 is 0 Å². The van der Waals surface area contributed by atoms with Crippen molar-refractivity contribution < 1.29 is 18.0 Å². The van der Waals surface area contributed by atoms with Gasteiger partial charge < -0.3 is 10.6 Å². The molecule has 0 fully saturated rings. The lowest BCUT2D eigenvalue weighted by Gasteiger charge is -2.33. The predicted octanol–water partition coefficient (Wildman–Crippen LogP) is 6.57. The monoisotopic (exact) mass is 519 g/mol. The number of hydrogen-bond donors (Lipinski definition) is 2. The van der Waals surface area contributed by atoms with Gasteiger partial charge in [-0.2, -0.15) is 23.5 Å². The average molecular weight is 520 g/mol. The van der Waals surface area contributed by atoms with E-state index in [4.69, 9.17) is 11.6 Å². The number of aryl methyl sites for hydroxylation is 2. The van der Waals surface area contributed by atoms with Crippen molar-refractivity contribution in [3.63, 3.8) is 0 Å². The maximum absolute atomic E-state index is 14.0. The number of benzene rings is 1. The van der Waals surface area contributed by atoms with E-state index < -0.39 is 24.2 Å². The van der Waals surface area contributed by atoms with Crippen LogP contribution in [0.25, 0.3) is 0 Å². The first-order valence-electron chi connectivity index (χ1n) is 11.2. The molecule has 2 atom stereocenters. The Labute approximate surface area is 208 Å². The summed E-state index contributed by atoms with van der Waals surface area (Å²) in [6.45, 7) is 1.90. The Morgan fingerprint density at radius 1 is 1.29 bits per heavy atom. The van der Waals surface area contributed by atoms with Crippen molar-refractivity contribution in [1.82, 2.24) is 9.78 Å². The van der Waals surface area contributed by atoms with Gasteiger partial charge in [0.15, 0.2) is 11.7 Å². The number of nitrogens with one attached hydrogen (secondary N) is 2. The molecule has 6 nitrogen and oxygen atoms in total.